The monoisotopic (exact) mass is 345 g/mol. The molecular formula is C15H21Cl2N3O2. The quantitative estimate of drug-likeness (QED) is 0.855. The smallest absolute Gasteiger partial charge is 0.249 e. The third kappa shape index (κ3) is 4.35. The Morgan fingerprint density at radius 3 is 2.64 bits per heavy atom. The fourth-order valence-electron chi connectivity index (χ4n) is 2.40. The van der Waals surface area contributed by atoms with E-state index >= 15 is 0 Å². The molecule has 1 aromatic rings. The molecule has 1 aliphatic heterocycles. The number of hydrogen-bond donors (Lipinski definition) is 2. The van der Waals surface area contributed by atoms with E-state index in [-0.39, 0.29) is 30.1 Å². The molecule has 7 heteroatoms. The lowest BCUT2D eigenvalue weighted by molar-refractivity contribution is -0.128. The lowest BCUT2D eigenvalue weighted by Crippen LogP contribution is -2.45. The van der Waals surface area contributed by atoms with E-state index in [9.17, 15) is 9.59 Å². The minimum atomic E-state index is -0.438. The first kappa shape index (κ1) is 18.7. The summed E-state index contributed by atoms with van der Waals surface area (Å²) in [5.74, 6) is -0.324. The minimum Gasteiger partial charge on any atom is -0.344 e. The molecule has 1 aromatic carbocycles. The Hall–Kier alpha value is -1.30. The summed E-state index contributed by atoms with van der Waals surface area (Å²) >= 11 is 5.85. The van der Waals surface area contributed by atoms with Crippen LogP contribution in [0.3, 0.4) is 0 Å². The average molecular weight is 346 g/mol. The number of anilines is 1. The molecule has 2 unspecified atom stereocenters. The van der Waals surface area contributed by atoms with Crippen LogP contribution in [0.1, 0.15) is 13.3 Å². The molecule has 122 valence electrons. The molecule has 0 radical (unpaired) electrons. The van der Waals surface area contributed by atoms with Crippen molar-refractivity contribution in [1.29, 1.82) is 0 Å². The predicted octanol–water partition coefficient (Wildman–Crippen LogP) is 1.84. The highest BCUT2D eigenvalue weighted by molar-refractivity contribution is 6.30. The molecular weight excluding hydrogens is 325 g/mol. The zero-order valence-corrected chi connectivity index (χ0v) is 14.2. The molecule has 2 N–H and O–H groups in total. The second-order valence-corrected chi connectivity index (χ2v) is 5.71. The Kier molecular flexibility index (Phi) is 7.13. The molecule has 1 heterocycles. The molecule has 1 fully saturated rings. The highest BCUT2D eigenvalue weighted by atomic mass is 35.5. The maximum atomic E-state index is 12.4. The van der Waals surface area contributed by atoms with Gasteiger partial charge in [-0.1, -0.05) is 18.5 Å². The van der Waals surface area contributed by atoms with Crippen LogP contribution in [0.25, 0.3) is 0 Å². The fraction of sp³-hybridized carbons (Fsp3) is 0.467. The van der Waals surface area contributed by atoms with Crippen LogP contribution in [0.5, 0.6) is 0 Å². The number of rotatable bonds is 5. The van der Waals surface area contributed by atoms with Gasteiger partial charge in [-0.05, 0) is 37.7 Å². The SMILES string of the molecule is CNCC(C)C(=O)NC1CCN(c2ccc(Cl)cc2)C1=O.Cl. The maximum Gasteiger partial charge on any atom is 0.249 e. The predicted molar refractivity (Wildman–Crippen MR) is 90.7 cm³/mol. The fourth-order valence-corrected chi connectivity index (χ4v) is 2.53. The van der Waals surface area contributed by atoms with Gasteiger partial charge in [-0.25, -0.2) is 0 Å². The molecule has 0 saturated carbocycles. The molecule has 1 saturated heterocycles. The highest BCUT2D eigenvalue weighted by Crippen LogP contribution is 2.23. The largest absolute Gasteiger partial charge is 0.344 e. The van der Waals surface area contributed by atoms with Crippen LogP contribution in [0, 0.1) is 5.92 Å². The van der Waals surface area contributed by atoms with Gasteiger partial charge >= 0.3 is 0 Å². The molecule has 5 nitrogen and oxygen atoms in total. The van der Waals surface area contributed by atoms with Crippen molar-refractivity contribution in [3.8, 4) is 0 Å². The van der Waals surface area contributed by atoms with Crippen LogP contribution < -0.4 is 15.5 Å². The lowest BCUT2D eigenvalue weighted by Gasteiger charge is -2.18. The van der Waals surface area contributed by atoms with E-state index in [2.05, 4.69) is 10.6 Å². The number of carbonyl (C=O) groups excluding carboxylic acids is 2. The summed E-state index contributed by atoms with van der Waals surface area (Å²) in [5, 5.41) is 6.42. The standard InChI is InChI=1S/C15H20ClN3O2.ClH/c1-10(9-17-2)14(20)18-13-7-8-19(15(13)21)12-5-3-11(16)4-6-12;/h3-6,10,13,17H,7-9H2,1-2H3,(H,18,20);1H. The van der Waals surface area contributed by atoms with Crippen molar-refractivity contribution in [2.75, 3.05) is 25.0 Å². The first-order valence-corrected chi connectivity index (χ1v) is 7.42. The van der Waals surface area contributed by atoms with Crippen molar-refractivity contribution in [2.24, 2.45) is 5.92 Å². The first-order valence-electron chi connectivity index (χ1n) is 7.05. The zero-order valence-electron chi connectivity index (χ0n) is 12.6. The van der Waals surface area contributed by atoms with E-state index in [0.717, 1.165) is 5.69 Å². The highest BCUT2D eigenvalue weighted by Gasteiger charge is 2.34. The van der Waals surface area contributed by atoms with Gasteiger partial charge in [-0.2, -0.15) is 0 Å². The van der Waals surface area contributed by atoms with Gasteiger partial charge in [-0.3, -0.25) is 9.59 Å². The molecule has 2 amide bonds. The maximum absolute atomic E-state index is 12.4. The third-order valence-electron chi connectivity index (χ3n) is 3.62. The van der Waals surface area contributed by atoms with Gasteiger partial charge < -0.3 is 15.5 Å². The normalized spacial score (nSPS) is 18.8. The Labute approximate surface area is 141 Å². The summed E-state index contributed by atoms with van der Waals surface area (Å²) in [4.78, 5) is 26.0. The van der Waals surface area contributed by atoms with Crippen LogP contribution in [-0.4, -0.2) is 38.0 Å². The van der Waals surface area contributed by atoms with E-state index in [1.54, 1.807) is 24.1 Å². The molecule has 0 bridgehead atoms. The Bertz CT molecular complexity index is 522. The van der Waals surface area contributed by atoms with E-state index < -0.39 is 6.04 Å². The van der Waals surface area contributed by atoms with Gasteiger partial charge in [0.05, 0.1) is 0 Å². The number of hydrogen-bond acceptors (Lipinski definition) is 3. The summed E-state index contributed by atoms with van der Waals surface area (Å²) < 4.78 is 0. The van der Waals surface area contributed by atoms with Crippen molar-refractivity contribution in [1.82, 2.24) is 10.6 Å². The molecule has 2 atom stereocenters. The molecule has 0 aromatic heterocycles. The Morgan fingerprint density at radius 2 is 2.05 bits per heavy atom. The van der Waals surface area contributed by atoms with Crippen LogP contribution in [0.15, 0.2) is 24.3 Å². The number of amides is 2. The number of nitrogens with zero attached hydrogens (tertiary/aromatic N) is 1. The van der Waals surface area contributed by atoms with Crippen LogP contribution in [0.4, 0.5) is 5.69 Å². The summed E-state index contributed by atoms with van der Waals surface area (Å²) in [6, 6.07) is 6.70. The van der Waals surface area contributed by atoms with Gasteiger partial charge in [0.25, 0.3) is 0 Å². The summed E-state index contributed by atoms with van der Waals surface area (Å²) in [5.41, 5.74) is 0.810. The first-order chi connectivity index (χ1) is 10.0. The van der Waals surface area contributed by atoms with Crippen molar-refractivity contribution < 1.29 is 9.59 Å². The van der Waals surface area contributed by atoms with Gasteiger partial charge in [0.1, 0.15) is 6.04 Å². The summed E-state index contributed by atoms with van der Waals surface area (Å²) in [7, 11) is 1.80. The second-order valence-electron chi connectivity index (χ2n) is 5.27. The van der Waals surface area contributed by atoms with Crippen molar-refractivity contribution in [3.05, 3.63) is 29.3 Å². The van der Waals surface area contributed by atoms with Gasteiger partial charge in [0.2, 0.25) is 11.8 Å². The van der Waals surface area contributed by atoms with Crippen molar-refractivity contribution in [3.63, 3.8) is 0 Å². The summed E-state index contributed by atoms with van der Waals surface area (Å²) in [6.07, 6.45) is 0.624. The van der Waals surface area contributed by atoms with Crippen molar-refractivity contribution in [2.45, 2.75) is 19.4 Å². The van der Waals surface area contributed by atoms with E-state index in [0.29, 0.717) is 24.5 Å². The van der Waals surface area contributed by atoms with E-state index in [4.69, 9.17) is 11.6 Å². The van der Waals surface area contributed by atoms with Gasteiger partial charge in [0, 0.05) is 29.7 Å². The Balaban J connectivity index is 0.00000242. The minimum absolute atomic E-state index is 0. The van der Waals surface area contributed by atoms with Gasteiger partial charge in [0.15, 0.2) is 0 Å². The number of benzene rings is 1. The number of nitrogens with one attached hydrogen (secondary N) is 2. The molecule has 2 rings (SSSR count). The molecule has 0 spiro atoms. The molecule has 0 aliphatic carbocycles. The summed E-state index contributed by atoms with van der Waals surface area (Å²) in [6.45, 7) is 3.03. The van der Waals surface area contributed by atoms with Crippen molar-refractivity contribution >= 4 is 41.5 Å². The van der Waals surface area contributed by atoms with Crippen LogP contribution in [-0.2, 0) is 9.59 Å². The van der Waals surface area contributed by atoms with Crippen LogP contribution >= 0.6 is 24.0 Å². The second kappa shape index (κ2) is 8.36. The average Bonchev–Trinajstić information content (AvgIpc) is 2.81. The lowest BCUT2D eigenvalue weighted by atomic mass is 10.1. The zero-order chi connectivity index (χ0) is 15.4. The van der Waals surface area contributed by atoms with Gasteiger partial charge in [-0.15, -0.1) is 12.4 Å². The van der Waals surface area contributed by atoms with E-state index in [1.165, 1.54) is 0 Å². The third-order valence-corrected chi connectivity index (χ3v) is 3.87. The van der Waals surface area contributed by atoms with Crippen LogP contribution in [0.2, 0.25) is 5.02 Å². The number of carbonyl (C=O) groups is 2. The molecule has 22 heavy (non-hydrogen) atoms. The van der Waals surface area contributed by atoms with E-state index in [1.807, 2.05) is 19.1 Å². The molecule has 1 aliphatic rings. The topological polar surface area (TPSA) is 61.4 Å². The Morgan fingerprint density at radius 1 is 1.41 bits per heavy atom. The number of halogens is 2.